The van der Waals surface area contributed by atoms with Crippen molar-refractivity contribution in [2.45, 2.75) is 50.9 Å². The van der Waals surface area contributed by atoms with Gasteiger partial charge >= 0.3 is 5.97 Å². The van der Waals surface area contributed by atoms with Gasteiger partial charge in [-0.2, -0.15) is 5.26 Å². The molecule has 174 valence electrons. The Morgan fingerprint density at radius 3 is 2.21 bits per heavy atom. The van der Waals surface area contributed by atoms with Crippen molar-refractivity contribution in [2.24, 2.45) is 5.92 Å². The zero-order valence-corrected chi connectivity index (χ0v) is 19.1. The number of carbonyl (C=O) groups is 1. The fourth-order valence-electron chi connectivity index (χ4n) is 4.92. The maximum atomic E-state index is 13.8. The monoisotopic (exact) mass is 459 g/mol. The lowest BCUT2D eigenvalue weighted by Crippen LogP contribution is -2.15. The number of ether oxygens (including phenoxy) is 1. The van der Waals surface area contributed by atoms with Gasteiger partial charge in [-0.05, 0) is 73.1 Å². The Kier molecular flexibility index (Phi) is 7.37. The Bertz CT molecular complexity index is 1150. The van der Waals surface area contributed by atoms with Crippen LogP contribution in [0.2, 0.25) is 0 Å². The lowest BCUT2D eigenvalue weighted by Gasteiger charge is -2.30. The van der Waals surface area contributed by atoms with Crippen LogP contribution in [0.5, 0.6) is 5.75 Å². The van der Waals surface area contributed by atoms with Gasteiger partial charge in [0, 0.05) is 12.1 Å². The van der Waals surface area contributed by atoms with Crippen molar-refractivity contribution in [1.29, 1.82) is 5.26 Å². The fraction of sp³-hybridized carbons (Fsp3) is 0.310. The van der Waals surface area contributed by atoms with E-state index in [2.05, 4.69) is 37.3 Å². The van der Waals surface area contributed by atoms with E-state index < -0.39 is 23.2 Å². The first-order chi connectivity index (χ1) is 16.4. The van der Waals surface area contributed by atoms with Crippen molar-refractivity contribution in [3.8, 4) is 11.8 Å². The summed E-state index contributed by atoms with van der Waals surface area (Å²) in [6.07, 6.45) is 5.85. The Morgan fingerprint density at radius 1 is 1.00 bits per heavy atom. The highest BCUT2D eigenvalue weighted by Gasteiger charge is 2.24. The normalized spacial score (nSPS) is 18.6. The average Bonchev–Trinajstić information content (AvgIpc) is 2.85. The smallest absolute Gasteiger partial charge is 0.343 e. The number of nitriles is 1. The number of rotatable bonds is 6. The molecule has 3 aromatic rings. The first-order valence-electron chi connectivity index (χ1n) is 11.7. The lowest BCUT2D eigenvalue weighted by molar-refractivity contribution is 0.0734. The quantitative estimate of drug-likeness (QED) is 0.283. The van der Waals surface area contributed by atoms with Crippen LogP contribution in [0.3, 0.4) is 0 Å². The summed E-state index contributed by atoms with van der Waals surface area (Å²) in [5.41, 5.74) is 2.20. The van der Waals surface area contributed by atoms with Gasteiger partial charge in [0.25, 0.3) is 0 Å². The highest BCUT2D eigenvalue weighted by Crippen LogP contribution is 2.39. The molecule has 3 aromatic carbocycles. The molecule has 0 N–H and O–H groups in total. The predicted molar refractivity (Wildman–Crippen MR) is 127 cm³/mol. The first kappa shape index (κ1) is 23.6. The molecule has 4 rings (SSSR count). The van der Waals surface area contributed by atoms with E-state index in [4.69, 9.17) is 10.00 Å². The second kappa shape index (κ2) is 10.6. The molecule has 0 heterocycles. The Hall–Kier alpha value is -3.52. The molecule has 1 fully saturated rings. The van der Waals surface area contributed by atoms with Gasteiger partial charge in [-0.25, -0.2) is 13.6 Å². The van der Waals surface area contributed by atoms with Crippen LogP contribution in [0.25, 0.3) is 0 Å². The van der Waals surface area contributed by atoms with Gasteiger partial charge in [-0.3, -0.25) is 0 Å². The van der Waals surface area contributed by atoms with E-state index in [1.54, 1.807) is 12.1 Å². The molecule has 1 atom stereocenters. The van der Waals surface area contributed by atoms with E-state index in [0.29, 0.717) is 17.4 Å². The maximum Gasteiger partial charge on any atom is 0.343 e. The highest BCUT2D eigenvalue weighted by atomic mass is 19.1. The van der Waals surface area contributed by atoms with Gasteiger partial charge in [0.05, 0.1) is 5.56 Å². The number of hydrogen-bond acceptors (Lipinski definition) is 3. The van der Waals surface area contributed by atoms with Crippen LogP contribution in [-0.4, -0.2) is 5.97 Å². The van der Waals surface area contributed by atoms with Gasteiger partial charge in [0.1, 0.15) is 29.0 Å². The van der Waals surface area contributed by atoms with Gasteiger partial charge < -0.3 is 4.74 Å². The summed E-state index contributed by atoms with van der Waals surface area (Å²) in [6, 6.07) is 21.0. The molecule has 5 heteroatoms. The summed E-state index contributed by atoms with van der Waals surface area (Å²) >= 11 is 0. The van der Waals surface area contributed by atoms with Crippen molar-refractivity contribution < 1.29 is 18.3 Å². The number of halogens is 2. The molecular weight excluding hydrogens is 432 g/mol. The van der Waals surface area contributed by atoms with Crippen LogP contribution < -0.4 is 4.74 Å². The van der Waals surface area contributed by atoms with E-state index in [0.717, 1.165) is 30.9 Å². The van der Waals surface area contributed by atoms with Crippen LogP contribution >= 0.6 is 0 Å². The standard InChI is InChI=1S/C29H27F2NO2/c1-19(21-5-3-2-4-6-21)15-20-7-9-22(10-8-20)23-11-13-24(14-12-23)29(33)34-25-16-27(30)26(18-32)28(31)17-25/h2-6,11-14,16-17,19-20,22H,7-10,15H2,1H3. The van der Waals surface area contributed by atoms with Gasteiger partial charge in [-0.1, -0.05) is 49.4 Å². The van der Waals surface area contributed by atoms with Crippen molar-refractivity contribution >= 4 is 5.97 Å². The zero-order valence-electron chi connectivity index (χ0n) is 19.1. The number of nitrogens with zero attached hydrogens (tertiary/aromatic N) is 1. The largest absolute Gasteiger partial charge is 0.423 e. The average molecular weight is 460 g/mol. The van der Waals surface area contributed by atoms with Crippen LogP contribution in [-0.2, 0) is 0 Å². The summed E-state index contributed by atoms with van der Waals surface area (Å²) in [5, 5.41) is 8.75. The molecule has 1 aliphatic carbocycles. The lowest BCUT2D eigenvalue weighted by atomic mass is 9.75. The summed E-state index contributed by atoms with van der Waals surface area (Å²) < 4.78 is 32.6. The number of hydrogen-bond donors (Lipinski definition) is 0. The van der Waals surface area contributed by atoms with E-state index in [9.17, 15) is 13.6 Å². The highest BCUT2D eigenvalue weighted by molar-refractivity contribution is 5.91. The van der Waals surface area contributed by atoms with Crippen LogP contribution in [0.1, 0.15) is 77.9 Å². The maximum absolute atomic E-state index is 13.8. The molecule has 1 aliphatic rings. The molecule has 34 heavy (non-hydrogen) atoms. The molecular formula is C29H27F2NO2. The fourth-order valence-corrected chi connectivity index (χ4v) is 4.92. The molecule has 0 spiro atoms. The van der Waals surface area contributed by atoms with Crippen molar-refractivity contribution in [2.75, 3.05) is 0 Å². The topological polar surface area (TPSA) is 50.1 Å². The number of carbonyl (C=O) groups excluding carboxylic acids is 1. The minimum absolute atomic E-state index is 0.272. The van der Waals surface area contributed by atoms with Crippen molar-refractivity contribution in [3.05, 3.63) is 101 Å². The minimum Gasteiger partial charge on any atom is -0.423 e. The van der Waals surface area contributed by atoms with Gasteiger partial charge in [0.2, 0.25) is 0 Å². The van der Waals surface area contributed by atoms with Crippen molar-refractivity contribution in [3.63, 3.8) is 0 Å². The van der Waals surface area contributed by atoms with E-state index in [-0.39, 0.29) is 5.75 Å². The Morgan fingerprint density at radius 2 is 1.62 bits per heavy atom. The Balaban J connectivity index is 1.32. The third kappa shape index (κ3) is 5.51. The first-order valence-corrected chi connectivity index (χ1v) is 11.7. The van der Waals surface area contributed by atoms with E-state index in [1.807, 2.05) is 12.1 Å². The summed E-state index contributed by atoms with van der Waals surface area (Å²) in [5.74, 6) is -1.33. The molecule has 0 bridgehead atoms. The van der Waals surface area contributed by atoms with Gasteiger partial charge in [-0.15, -0.1) is 0 Å². The third-order valence-corrected chi connectivity index (χ3v) is 6.86. The molecule has 1 unspecified atom stereocenters. The SMILES string of the molecule is CC(CC1CCC(c2ccc(C(=O)Oc3cc(F)c(C#N)c(F)c3)cc2)CC1)c1ccccc1. The van der Waals surface area contributed by atoms with Gasteiger partial charge in [0.15, 0.2) is 0 Å². The third-order valence-electron chi connectivity index (χ3n) is 6.86. The summed E-state index contributed by atoms with van der Waals surface area (Å²) in [6.45, 7) is 2.31. The zero-order chi connectivity index (χ0) is 24.1. The molecule has 0 saturated heterocycles. The second-order valence-corrected chi connectivity index (χ2v) is 9.15. The molecule has 0 radical (unpaired) electrons. The summed E-state index contributed by atoms with van der Waals surface area (Å²) in [7, 11) is 0. The number of esters is 1. The Labute approximate surface area is 199 Å². The molecule has 0 amide bonds. The molecule has 1 saturated carbocycles. The van der Waals surface area contributed by atoms with Crippen LogP contribution in [0.4, 0.5) is 8.78 Å². The minimum atomic E-state index is -1.06. The number of benzene rings is 3. The molecule has 3 nitrogen and oxygen atoms in total. The van der Waals surface area contributed by atoms with E-state index in [1.165, 1.54) is 36.5 Å². The second-order valence-electron chi connectivity index (χ2n) is 9.15. The summed E-state index contributed by atoms with van der Waals surface area (Å²) in [4.78, 5) is 12.4. The predicted octanol–water partition coefficient (Wildman–Crippen LogP) is 7.52. The van der Waals surface area contributed by atoms with E-state index >= 15 is 0 Å². The van der Waals surface area contributed by atoms with Crippen molar-refractivity contribution in [1.82, 2.24) is 0 Å². The van der Waals surface area contributed by atoms with Crippen LogP contribution in [0, 0.1) is 28.9 Å². The molecule has 0 aliphatic heterocycles. The van der Waals surface area contributed by atoms with Crippen LogP contribution in [0.15, 0.2) is 66.7 Å². The molecule has 0 aromatic heterocycles.